The van der Waals surface area contributed by atoms with Gasteiger partial charge >= 0.3 is 0 Å². The first-order valence-corrected chi connectivity index (χ1v) is 15.9. The van der Waals surface area contributed by atoms with E-state index in [2.05, 4.69) is 35.9 Å². The van der Waals surface area contributed by atoms with Gasteiger partial charge in [0.25, 0.3) is 0 Å². The molecule has 1 aromatic carbocycles. The lowest BCUT2D eigenvalue weighted by Gasteiger charge is -2.28. The Morgan fingerprint density at radius 3 is 2.62 bits per heavy atom. The number of aryl methyl sites for hydroxylation is 1. The maximum Gasteiger partial charge on any atom is 0.224 e. The monoisotopic (exact) mass is 567 g/mol. The van der Waals surface area contributed by atoms with Crippen molar-refractivity contribution >= 4 is 39.0 Å². The first-order valence-electron chi connectivity index (χ1n) is 15.1. The number of carbonyl (C=O) groups excluding carboxylic acids is 3. The molecule has 0 bridgehead atoms. The zero-order valence-corrected chi connectivity index (χ0v) is 25.0. The quantitative estimate of drug-likeness (QED) is 0.294. The van der Waals surface area contributed by atoms with Gasteiger partial charge in [-0.05, 0) is 49.3 Å². The van der Waals surface area contributed by atoms with Crippen molar-refractivity contribution < 1.29 is 19.1 Å². The number of hydrogen-bond donors (Lipinski definition) is 1. The van der Waals surface area contributed by atoms with Crippen LogP contribution in [0.15, 0.2) is 30.4 Å². The molecule has 0 unspecified atom stereocenters. The van der Waals surface area contributed by atoms with Gasteiger partial charge in [-0.25, -0.2) is 4.98 Å². The molecule has 1 aliphatic carbocycles. The van der Waals surface area contributed by atoms with Crippen LogP contribution >= 0.6 is 11.3 Å². The summed E-state index contributed by atoms with van der Waals surface area (Å²) in [5, 5.41) is 4.20. The van der Waals surface area contributed by atoms with Crippen LogP contribution in [0.3, 0.4) is 0 Å². The minimum atomic E-state index is -0.463. The molecule has 4 rings (SSSR count). The lowest BCUT2D eigenvalue weighted by molar-refractivity contribution is -0.130. The highest BCUT2D eigenvalue weighted by Gasteiger charge is 2.31. The maximum absolute atomic E-state index is 13.7. The summed E-state index contributed by atoms with van der Waals surface area (Å²) in [5.74, 6) is -0.0352. The van der Waals surface area contributed by atoms with Crippen molar-refractivity contribution in [1.82, 2.24) is 15.2 Å². The number of nitrogens with zero attached hydrogens (tertiary/aromatic N) is 2. The molecule has 0 radical (unpaired) electrons. The van der Waals surface area contributed by atoms with Crippen molar-refractivity contribution in [3.8, 4) is 0 Å². The van der Waals surface area contributed by atoms with Crippen molar-refractivity contribution in [2.75, 3.05) is 32.8 Å². The van der Waals surface area contributed by atoms with Gasteiger partial charge in [0, 0.05) is 56.9 Å². The number of benzene rings is 1. The van der Waals surface area contributed by atoms with E-state index in [1.54, 1.807) is 11.3 Å². The topological polar surface area (TPSA) is 88.6 Å². The number of aromatic nitrogens is 1. The molecule has 218 valence electrons. The van der Waals surface area contributed by atoms with Gasteiger partial charge in [-0.15, -0.1) is 11.3 Å². The number of ketones is 2. The van der Waals surface area contributed by atoms with Gasteiger partial charge in [0.2, 0.25) is 5.91 Å². The average Bonchev–Trinajstić information content (AvgIpc) is 3.64. The Bertz CT molecular complexity index is 1180. The fourth-order valence-electron chi connectivity index (χ4n) is 5.88. The highest BCUT2D eigenvalue weighted by Crippen LogP contribution is 2.31. The van der Waals surface area contributed by atoms with E-state index in [0.717, 1.165) is 60.4 Å². The zero-order chi connectivity index (χ0) is 28.5. The number of amides is 1. The summed E-state index contributed by atoms with van der Waals surface area (Å²) in [6.07, 6.45) is 7.44. The molecular weight excluding hydrogens is 522 g/mol. The predicted octanol–water partition coefficient (Wildman–Crippen LogP) is 5.30. The molecule has 1 saturated carbocycles. The van der Waals surface area contributed by atoms with Crippen LogP contribution in [-0.2, 0) is 32.0 Å². The second-order valence-corrected chi connectivity index (χ2v) is 12.5. The molecular formula is C32H45N3O4S. The lowest BCUT2D eigenvalue weighted by atomic mass is 9.90. The fraction of sp³-hybridized carbons (Fsp3) is 0.625. The molecule has 7 nitrogen and oxygen atoms in total. The number of nitrogens with one attached hydrogen (secondary N) is 1. The predicted molar refractivity (Wildman–Crippen MR) is 161 cm³/mol. The number of hydrogen-bond acceptors (Lipinski definition) is 7. The average molecular weight is 568 g/mol. The number of morpholine rings is 1. The summed E-state index contributed by atoms with van der Waals surface area (Å²) in [5.41, 5.74) is 2.84. The number of carbonyl (C=O) groups is 3. The van der Waals surface area contributed by atoms with E-state index in [-0.39, 0.29) is 29.9 Å². The van der Waals surface area contributed by atoms with Crippen LogP contribution < -0.4 is 5.32 Å². The smallest absolute Gasteiger partial charge is 0.224 e. The third kappa shape index (κ3) is 8.54. The second kappa shape index (κ2) is 15.0. The molecule has 40 heavy (non-hydrogen) atoms. The van der Waals surface area contributed by atoms with E-state index < -0.39 is 5.92 Å². The molecule has 8 heteroatoms. The number of ether oxygens (including phenoxy) is 1. The van der Waals surface area contributed by atoms with E-state index in [1.807, 2.05) is 13.0 Å². The Hall–Kier alpha value is -2.42. The molecule has 2 aliphatic rings. The first-order chi connectivity index (χ1) is 19.4. The van der Waals surface area contributed by atoms with Gasteiger partial charge in [0.05, 0.1) is 34.4 Å². The molecule has 0 spiro atoms. The van der Waals surface area contributed by atoms with Gasteiger partial charge in [0.1, 0.15) is 5.78 Å². The van der Waals surface area contributed by atoms with Crippen LogP contribution in [0.2, 0.25) is 0 Å². The summed E-state index contributed by atoms with van der Waals surface area (Å²) < 4.78 is 6.53. The largest absolute Gasteiger partial charge is 0.379 e. The van der Waals surface area contributed by atoms with Crippen molar-refractivity contribution in [3.63, 3.8) is 0 Å². The van der Waals surface area contributed by atoms with Crippen LogP contribution in [-0.4, -0.2) is 66.2 Å². The summed E-state index contributed by atoms with van der Waals surface area (Å²) in [4.78, 5) is 46.2. The Labute approximate surface area is 242 Å². The summed E-state index contributed by atoms with van der Waals surface area (Å²) >= 11 is 1.61. The zero-order valence-electron chi connectivity index (χ0n) is 24.2. The van der Waals surface area contributed by atoms with Gasteiger partial charge in [-0.1, -0.05) is 39.3 Å². The van der Waals surface area contributed by atoms with Crippen LogP contribution in [0, 0.1) is 11.8 Å². The van der Waals surface area contributed by atoms with E-state index in [0.29, 0.717) is 56.9 Å². The van der Waals surface area contributed by atoms with Crippen molar-refractivity contribution in [3.05, 3.63) is 40.9 Å². The van der Waals surface area contributed by atoms with Gasteiger partial charge in [-0.3, -0.25) is 19.3 Å². The number of rotatable bonds is 15. The maximum atomic E-state index is 13.7. The first kappa shape index (κ1) is 30.5. The van der Waals surface area contributed by atoms with Gasteiger partial charge in [-0.2, -0.15) is 0 Å². The van der Waals surface area contributed by atoms with Gasteiger partial charge < -0.3 is 10.1 Å². The normalized spacial score (nSPS) is 18.1. The van der Waals surface area contributed by atoms with E-state index in [1.165, 1.54) is 5.56 Å². The van der Waals surface area contributed by atoms with Crippen LogP contribution in [0.25, 0.3) is 10.2 Å². The molecule has 1 N–H and O–H groups in total. The second-order valence-electron chi connectivity index (χ2n) is 11.4. The minimum absolute atomic E-state index is 0.0716. The highest BCUT2D eigenvalue weighted by molar-refractivity contribution is 7.18. The minimum Gasteiger partial charge on any atom is -0.379 e. The van der Waals surface area contributed by atoms with E-state index in [4.69, 9.17) is 9.72 Å². The molecule has 1 aromatic heterocycles. The van der Waals surface area contributed by atoms with E-state index in [9.17, 15) is 14.4 Å². The molecule has 1 amide bonds. The molecule has 2 heterocycles. The Balaban J connectivity index is 1.41. The third-order valence-electron chi connectivity index (χ3n) is 8.46. The van der Waals surface area contributed by atoms with Crippen LogP contribution in [0.4, 0.5) is 0 Å². The van der Waals surface area contributed by atoms with E-state index >= 15 is 0 Å². The fourth-order valence-corrected chi connectivity index (χ4v) is 6.99. The standard InChI is InChI=1S/C32H45N3O4S/c1-4-23-10-11-28-30(18-23)40-31(33-28)20-25(19-26(36)5-2)32(38)34-27(24-8-6-7-9-24)12-13-29(37)22(3)21-35-14-16-39-17-15-35/h10-11,18,24-25,27H,3-9,12-17,19-21H2,1-2H3,(H,34,38)/t25-,27+/m0/s1. The Morgan fingerprint density at radius 1 is 1.18 bits per heavy atom. The van der Waals surface area contributed by atoms with Crippen molar-refractivity contribution in [2.24, 2.45) is 11.8 Å². The highest BCUT2D eigenvalue weighted by atomic mass is 32.1. The summed E-state index contributed by atoms with van der Waals surface area (Å²) in [7, 11) is 0. The molecule has 2 fully saturated rings. The van der Waals surface area contributed by atoms with Crippen molar-refractivity contribution in [1.29, 1.82) is 0 Å². The Morgan fingerprint density at radius 2 is 1.93 bits per heavy atom. The third-order valence-corrected chi connectivity index (χ3v) is 9.50. The summed E-state index contributed by atoms with van der Waals surface area (Å²) in [6.45, 7) is 11.6. The summed E-state index contributed by atoms with van der Waals surface area (Å²) in [6, 6.07) is 6.24. The molecule has 1 aliphatic heterocycles. The van der Waals surface area contributed by atoms with Gasteiger partial charge in [0.15, 0.2) is 5.78 Å². The van der Waals surface area contributed by atoms with Crippen LogP contribution in [0.5, 0.6) is 0 Å². The number of fused-ring (bicyclic) bond motifs is 1. The Kier molecular flexibility index (Phi) is 11.4. The van der Waals surface area contributed by atoms with Crippen molar-refractivity contribution in [2.45, 2.75) is 84.1 Å². The number of thiazole rings is 1. The molecule has 2 aromatic rings. The molecule has 1 saturated heterocycles. The molecule has 2 atom stereocenters. The number of Topliss-reactive ketones (excluding diaryl/α,β-unsaturated/α-hetero) is 2. The van der Waals surface area contributed by atoms with Crippen LogP contribution in [0.1, 0.15) is 75.8 Å². The lowest BCUT2D eigenvalue weighted by Crippen LogP contribution is -2.44. The SMILES string of the molecule is C=C(CN1CCOCC1)C(=O)CC[C@@H](NC(=O)[C@@H](CC(=O)CC)Cc1nc2ccc(CC)cc2s1)C1CCCC1.